The third-order valence-corrected chi connectivity index (χ3v) is 5.93. The standard InChI is InChI=1S/C26H29N4O3/c1-17-4-5-20(21-6-7-22(27-14-21)16-30-8-10-33-11-9-30)13-23(17)25(31)28-15-24-18(2)12-19(3)29-26(24)32/h4-7,12,14H,8-11,15-16H2,1-3H3,(H,28,31)(H,29,32). The molecule has 33 heavy (non-hydrogen) atoms. The van der Waals surface area contributed by atoms with E-state index >= 15 is 0 Å². The van der Waals surface area contributed by atoms with Crippen LogP contribution in [0.2, 0.25) is 0 Å². The lowest BCUT2D eigenvalue weighted by Crippen LogP contribution is -2.35. The van der Waals surface area contributed by atoms with Gasteiger partial charge < -0.3 is 15.0 Å². The van der Waals surface area contributed by atoms with Gasteiger partial charge in [-0.05, 0) is 49.6 Å². The first-order valence-electron chi connectivity index (χ1n) is 11.2. The predicted octanol–water partition coefficient (Wildman–Crippen LogP) is 2.92. The topological polar surface area (TPSA) is 87.3 Å². The molecule has 0 spiro atoms. The summed E-state index contributed by atoms with van der Waals surface area (Å²) in [5, 5.41) is 2.87. The van der Waals surface area contributed by atoms with E-state index < -0.39 is 0 Å². The van der Waals surface area contributed by atoms with Crippen molar-refractivity contribution in [3.05, 3.63) is 86.6 Å². The minimum absolute atomic E-state index is 0.162. The Morgan fingerprint density at radius 3 is 2.64 bits per heavy atom. The minimum Gasteiger partial charge on any atom is -0.379 e. The monoisotopic (exact) mass is 445 g/mol. The van der Waals surface area contributed by atoms with Crippen molar-refractivity contribution in [2.24, 2.45) is 0 Å². The Kier molecular flexibility index (Phi) is 7.01. The van der Waals surface area contributed by atoms with Crippen LogP contribution in [0.15, 0.2) is 41.3 Å². The van der Waals surface area contributed by atoms with Gasteiger partial charge in [0, 0.05) is 55.3 Å². The molecule has 1 fully saturated rings. The summed E-state index contributed by atoms with van der Waals surface area (Å²) in [6.45, 7) is 9.91. The summed E-state index contributed by atoms with van der Waals surface area (Å²) in [6.07, 6.45) is 1.83. The molecule has 1 aliphatic heterocycles. The number of aromatic amines is 1. The van der Waals surface area contributed by atoms with Crippen LogP contribution in [-0.4, -0.2) is 47.1 Å². The Bertz CT molecular complexity index is 1200. The molecule has 1 amide bonds. The first-order valence-corrected chi connectivity index (χ1v) is 11.2. The molecule has 0 aliphatic carbocycles. The third-order valence-electron chi connectivity index (χ3n) is 5.93. The summed E-state index contributed by atoms with van der Waals surface area (Å²) in [5.41, 5.74) is 6.04. The Morgan fingerprint density at radius 1 is 1.15 bits per heavy atom. The number of benzene rings is 1. The number of carbonyl (C=O) groups excluding carboxylic acids is 1. The van der Waals surface area contributed by atoms with E-state index in [1.165, 1.54) is 0 Å². The van der Waals surface area contributed by atoms with Crippen LogP contribution in [0.5, 0.6) is 0 Å². The molecule has 1 aliphatic rings. The number of hydrogen-bond donors (Lipinski definition) is 2. The molecule has 0 atom stereocenters. The molecule has 4 rings (SSSR count). The fourth-order valence-electron chi connectivity index (χ4n) is 3.99. The zero-order chi connectivity index (χ0) is 23.4. The second-order valence-corrected chi connectivity index (χ2v) is 8.48. The van der Waals surface area contributed by atoms with Crippen molar-refractivity contribution in [1.29, 1.82) is 0 Å². The minimum atomic E-state index is -0.259. The molecular formula is C26H29N4O3. The molecule has 1 aromatic carbocycles. The molecule has 171 valence electrons. The summed E-state index contributed by atoms with van der Waals surface area (Å²) in [7, 11) is 0. The number of hydrogen-bond acceptors (Lipinski definition) is 5. The van der Waals surface area contributed by atoms with Gasteiger partial charge in [0.25, 0.3) is 11.5 Å². The summed E-state index contributed by atoms with van der Waals surface area (Å²) in [6, 6.07) is 13.0. The van der Waals surface area contributed by atoms with Crippen molar-refractivity contribution in [3.63, 3.8) is 0 Å². The second-order valence-electron chi connectivity index (χ2n) is 8.48. The largest absolute Gasteiger partial charge is 0.379 e. The highest BCUT2D eigenvalue weighted by Crippen LogP contribution is 2.22. The Labute approximate surface area is 193 Å². The van der Waals surface area contributed by atoms with Crippen molar-refractivity contribution in [1.82, 2.24) is 20.2 Å². The van der Waals surface area contributed by atoms with E-state index in [4.69, 9.17) is 4.74 Å². The van der Waals surface area contributed by atoms with Gasteiger partial charge in [-0.2, -0.15) is 0 Å². The molecule has 1 radical (unpaired) electrons. The number of carbonyl (C=O) groups is 1. The lowest BCUT2D eigenvalue weighted by molar-refractivity contribution is 0.0336. The van der Waals surface area contributed by atoms with Gasteiger partial charge in [0.05, 0.1) is 24.5 Å². The van der Waals surface area contributed by atoms with E-state index in [9.17, 15) is 9.59 Å². The van der Waals surface area contributed by atoms with Crippen molar-refractivity contribution in [3.8, 4) is 11.1 Å². The van der Waals surface area contributed by atoms with Gasteiger partial charge in [0.15, 0.2) is 0 Å². The van der Waals surface area contributed by atoms with Crippen molar-refractivity contribution in [2.45, 2.75) is 33.9 Å². The number of aromatic nitrogens is 2. The highest BCUT2D eigenvalue weighted by molar-refractivity contribution is 5.96. The van der Waals surface area contributed by atoms with Crippen molar-refractivity contribution < 1.29 is 9.53 Å². The van der Waals surface area contributed by atoms with Gasteiger partial charge in [-0.3, -0.25) is 19.5 Å². The molecule has 0 bridgehead atoms. The van der Waals surface area contributed by atoms with Crippen LogP contribution in [0.1, 0.15) is 38.4 Å². The van der Waals surface area contributed by atoms with Gasteiger partial charge in [0.2, 0.25) is 0 Å². The first kappa shape index (κ1) is 22.9. The maximum absolute atomic E-state index is 12.9. The highest BCUT2D eigenvalue weighted by atomic mass is 16.5. The molecule has 3 heterocycles. The summed E-state index contributed by atoms with van der Waals surface area (Å²) in [4.78, 5) is 34.9. The molecule has 1 saturated heterocycles. The van der Waals surface area contributed by atoms with E-state index in [2.05, 4.69) is 26.3 Å². The molecule has 2 N–H and O–H groups in total. The number of ether oxygens (including phenoxy) is 1. The molecular weight excluding hydrogens is 416 g/mol. The summed E-state index contributed by atoms with van der Waals surface area (Å²) >= 11 is 0. The van der Waals surface area contributed by atoms with Gasteiger partial charge >= 0.3 is 0 Å². The molecule has 0 saturated carbocycles. The lowest BCUT2D eigenvalue weighted by Gasteiger charge is -2.26. The van der Waals surface area contributed by atoms with Crippen LogP contribution in [0, 0.1) is 26.8 Å². The zero-order valence-electron chi connectivity index (χ0n) is 19.3. The summed E-state index contributed by atoms with van der Waals surface area (Å²) < 4.78 is 5.40. The van der Waals surface area contributed by atoms with Gasteiger partial charge in [-0.15, -0.1) is 0 Å². The van der Waals surface area contributed by atoms with Gasteiger partial charge in [-0.25, -0.2) is 0 Å². The molecule has 7 heteroatoms. The fraction of sp³-hybridized carbons (Fsp3) is 0.346. The van der Waals surface area contributed by atoms with Crippen LogP contribution in [-0.2, 0) is 17.8 Å². The number of nitrogens with one attached hydrogen (secondary N) is 2. The van der Waals surface area contributed by atoms with E-state index in [1.807, 2.05) is 57.3 Å². The van der Waals surface area contributed by atoms with Gasteiger partial charge in [-0.1, -0.05) is 18.2 Å². The molecule has 0 unspecified atom stereocenters. The van der Waals surface area contributed by atoms with E-state index in [1.54, 1.807) is 0 Å². The second kappa shape index (κ2) is 10.1. The average Bonchev–Trinajstić information content (AvgIpc) is 2.80. The number of morpholine rings is 1. The number of pyridine rings is 2. The number of aryl methyl sites for hydroxylation is 3. The Hall–Kier alpha value is -3.29. The highest BCUT2D eigenvalue weighted by Gasteiger charge is 2.14. The van der Waals surface area contributed by atoms with Gasteiger partial charge in [0.1, 0.15) is 0 Å². The fourth-order valence-corrected chi connectivity index (χ4v) is 3.99. The van der Waals surface area contributed by atoms with E-state index in [0.717, 1.165) is 66.5 Å². The van der Waals surface area contributed by atoms with E-state index in [-0.39, 0.29) is 18.0 Å². The maximum atomic E-state index is 12.9. The smallest absolute Gasteiger partial charge is 0.253 e. The normalized spacial score (nSPS) is 14.3. The Morgan fingerprint density at radius 2 is 1.94 bits per heavy atom. The number of nitrogens with zero attached hydrogens (tertiary/aromatic N) is 2. The van der Waals surface area contributed by atoms with Crippen LogP contribution in [0.25, 0.3) is 11.1 Å². The van der Waals surface area contributed by atoms with Crippen LogP contribution in [0.3, 0.4) is 0 Å². The van der Waals surface area contributed by atoms with Crippen LogP contribution < -0.4 is 10.9 Å². The molecule has 3 aromatic rings. The third kappa shape index (κ3) is 5.56. The van der Waals surface area contributed by atoms with Crippen LogP contribution in [0.4, 0.5) is 0 Å². The SMILES string of the molecule is Cc1cc(C)c(CNC(=O)c2[c]c(-c3ccc(CN4CCOCC4)nc3)ccc2C)c(=O)[nH]1. The van der Waals surface area contributed by atoms with Crippen molar-refractivity contribution >= 4 is 5.91 Å². The predicted molar refractivity (Wildman–Crippen MR) is 127 cm³/mol. The molecule has 2 aromatic heterocycles. The average molecular weight is 446 g/mol. The van der Waals surface area contributed by atoms with Crippen LogP contribution >= 0.6 is 0 Å². The number of H-pyrrole nitrogens is 1. The Balaban J connectivity index is 1.47. The zero-order valence-corrected chi connectivity index (χ0v) is 19.3. The number of rotatable bonds is 6. The lowest BCUT2D eigenvalue weighted by atomic mass is 10.00. The van der Waals surface area contributed by atoms with Crippen molar-refractivity contribution in [2.75, 3.05) is 26.3 Å². The molecule has 7 nitrogen and oxygen atoms in total. The van der Waals surface area contributed by atoms with E-state index in [0.29, 0.717) is 11.1 Å². The first-order chi connectivity index (χ1) is 15.9. The maximum Gasteiger partial charge on any atom is 0.253 e. The number of amides is 1. The summed E-state index contributed by atoms with van der Waals surface area (Å²) in [5.74, 6) is -0.259. The quantitative estimate of drug-likeness (QED) is 0.609.